The Morgan fingerprint density at radius 2 is 0.912 bits per heavy atom. The highest BCUT2D eigenvalue weighted by molar-refractivity contribution is 6.18. The van der Waals surface area contributed by atoms with Crippen molar-refractivity contribution in [1.29, 1.82) is 0 Å². The van der Waals surface area contributed by atoms with E-state index in [-0.39, 0.29) is 0 Å². The van der Waals surface area contributed by atoms with Crippen LogP contribution >= 0.6 is 0 Å². The second-order valence-corrected chi connectivity index (χ2v) is 14.4. The fraction of sp³-hybridized carbons (Fsp3) is 0. The third-order valence-corrected chi connectivity index (χ3v) is 11.2. The molecule has 0 aliphatic carbocycles. The van der Waals surface area contributed by atoms with Gasteiger partial charge in [-0.1, -0.05) is 133 Å². The molecule has 0 amide bonds. The SMILES string of the molecule is c1ccc(-c2cccc(-c3nc(-c4cccc5c4oc4cc6c7ccccc7n(-c7ccccc7)c6cc45)nc(-n4c5ccccc5c5ccccc54)n3)c2)cc1. The van der Waals surface area contributed by atoms with Crippen molar-refractivity contribution in [3.8, 4) is 45.5 Å². The van der Waals surface area contributed by atoms with E-state index < -0.39 is 0 Å². The van der Waals surface area contributed by atoms with Crippen LogP contribution in [0.3, 0.4) is 0 Å². The average molecular weight is 730 g/mol. The molecule has 4 heterocycles. The topological polar surface area (TPSA) is 61.7 Å². The molecule has 0 fully saturated rings. The second-order valence-electron chi connectivity index (χ2n) is 14.4. The van der Waals surface area contributed by atoms with E-state index in [1.165, 1.54) is 5.39 Å². The Morgan fingerprint density at radius 1 is 0.351 bits per heavy atom. The molecule has 0 N–H and O–H groups in total. The van der Waals surface area contributed by atoms with E-state index in [4.69, 9.17) is 19.4 Å². The predicted octanol–water partition coefficient (Wildman–Crippen LogP) is 13.0. The van der Waals surface area contributed by atoms with Crippen molar-refractivity contribution in [2.75, 3.05) is 0 Å². The summed E-state index contributed by atoms with van der Waals surface area (Å²) >= 11 is 0. The van der Waals surface area contributed by atoms with Crippen LogP contribution in [0.4, 0.5) is 0 Å². The zero-order valence-electron chi connectivity index (χ0n) is 30.5. The summed E-state index contributed by atoms with van der Waals surface area (Å²) in [7, 11) is 0. The summed E-state index contributed by atoms with van der Waals surface area (Å²) in [5, 5.41) is 6.63. The van der Waals surface area contributed by atoms with Gasteiger partial charge in [0.1, 0.15) is 11.2 Å². The van der Waals surface area contributed by atoms with Gasteiger partial charge in [-0.2, -0.15) is 9.97 Å². The minimum Gasteiger partial charge on any atom is -0.455 e. The largest absolute Gasteiger partial charge is 0.455 e. The van der Waals surface area contributed by atoms with Crippen molar-refractivity contribution in [2.45, 2.75) is 0 Å². The van der Waals surface area contributed by atoms with Crippen LogP contribution in [0, 0.1) is 0 Å². The van der Waals surface area contributed by atoms with Crippen LogP contribution < -0.4 is 0 Å². The number of hydrogen-bond donors (Lipinski definition) is 0. The Kier molecular flexibility index (Phi) is 6.83. The van der Waals surface area contributed by atoms with Crippen LogP contribution in [0.15, 0.2) is 192 Å². The maximum absolute atomic E-state index is 6.89. The van der Waals surface area contributed by atoms with E-state index in [0.717, 1.165) is 88.1 Å². The molecular formula is C51H31N5O. The number of fused-ring (bicyclic) bond motifs is 9. The van der Waals surface area contributed by atoms with Gasteiger partial charge in [-0.3, -0.25) is 4.57 Å². The lowest BCUT2D eigenvalue weighted by molar-refractivity contribution is 0.670. The number of hydrogen-bond acceptors (Lipinski definition) is 4. The summed E-state index contributed by atoms with van der Waals surface area (Å²) in [6.07, 6.45) is 0. The molecule has 0 bridgehead atoms. The van der Waals surface area contributed by atoms with Crippen LogP contribution in [0.1, 0.15) is 0 Å². The normalized spacial score (nSPS) is 11.9. The van der Waals surface area contributed by atoms with Crippen molar-refractivity contribution in [1.82, 2.24) is 24.1 Å². The lowest BCUT2D eigenvalue weighted by Crippen LogP contribution is -2.06. The molecule has 0 saturated carbocycles. The monoisotopic (exact) mass is 729 g/mol. The van der Waals surface area contributed by atoms with Gasteiger partial charge < -0.3 is 8.98 Å². The lowest BCUT2D eigenvalue weighted by Gasteiger charge is -2.12. The molecule has 8 aromatic carbocycles. The van der Waals surface area contributed by atoms with Crippen molar-refractivity contribution < 1.29 is 4.42 Å². The number of aromatic nitrogens is 5. The smallest absolute Gasteiger partial charge is 0.238 e. The van der Waals surface area contributed by atoms with Crippen molar-refractivity contribution in [3.05, 3.63) is 188 Å². The molecule has 0 radical (unpaired) electrons. The molecule has 6 nitrogen and oxygen atoms in total. The molecule has 0 spiro atoms. The Hall–Kier alpha value is -7.83. The van der Waals surface area contributed by atoms with Crippen LogP contribution in [0.25, 0.3) is 111 Å². The predicted molar refractivity (Wildman–Crippen MR) is 232 cm³/mol. The van der Waals surface area contributed by atoms with Gasteiger partial charge in [0.15, 0.2) is 11.6 Å². The third-order valence-electron chi connectivity index (χ3n) is 11.2. The summed E-state index contributed by atoms with van der Waals surface area (Å²) in [6, 6.07) is 65.5. The number of nitrogens with zero attached hydrogens (tertiary/aromatic N) is 5. The van der Waals surface area contributed by atoms with Crippen molar-refractivity contribution >= 4 is 65.6 Å². The summed E-state index contributed by atoms with van der Waals surface area (Å²) in [4.78, 5) is 15.8. The number of rotatable bonds is 5. The zero-order valence-corrected chi connectivity index (χ0v) is 30.5. The minimum absolute atomic E-state index is 0.537. The molecule has 6 heteroatoms. The summed E-state index contributed by atoms with van der Waals surface area (Å²) < 4.78 is 11.4. The summed E-state index contributed by atoms with van der Waals surface area (Å²) in [6.45, 7) is 0. The van der Waals surface area contributed by atoms with E-state index in [9.17, 15) is 0 Å². The van der Waals surface area contributed by atoms with E-state index in [0.29, 0.717) is 17.6 Å². The fourth-order valence-corrected chi connectivity index (χ4v) is 8.61. The third kappa shape index (κ3) is 4.87. The van der Waals surface area contributed by atoms with Crippen molar-refractivity contribution in [2.24, 2.45) is 0 Å². The standard InChI is InChI=1S/C51H31N5O/c1-3-15-32(16-4-1)33-17-13-18-34(29-33)49-52-50(54-51(53-49)56-44-27-11-7-21-36(44)37-22-8-12-28-45(37)56)40-25-14-24-39-42-30-46-41(31-47(42)57-48(39)40)38-23-9-10-26-43(38)55(46)35-19-5-2-6-20-35/h1-31H. The molecule has 12 rings (SSSR count). The lowest BCUT2D eigenvalue weighted by atomic mass is 10.0. The Labute approximate surface area is 326 Å². The number of benzene rings is 8. The van der Waals surface area contributed by atoms with E-state index in [2.05, 4.69) is 191 Å². The van der Waals surface area contributed by atoms with Crippen LogP contribution in [-0.4, -0.2) is 24.1 Å². The molecule has 57 heavy (non-hydrogen) atoms. The van der Waals surface area contributed by atoms with Crippen LogP contribution in [-0.2, 0) is 0 Å². The highest BCUT2D eigenvalue weighted by atomic mass is 16.3. The van der Waals surface area contributed by atoms with Gasteiger partial charge in [0.05, 0.1) is 27.6 Å². The number of para-hydroxylation sites is 5. The Balaban J connectivity index is 1.12. The van der Waals surface area contributed by atoms with E-state index in [1.54, 1.807) is 0 Å². The summed E-state index contributed by atoms with van der Waals surface area (Å²) in [5.41, 5.74) is 10.9. The number of furan rings is 1. The van der Waals surface area contributed by atoms with Gasteiger partial charge in [-0.05, 0) is 65.7 Å². The van der Waals surface area contributed by atoms with E-state index in [1.807, 2.05) is 6.07 Å². The van der Waals surface area contributed by atoms with Gasteiger partial charge in [0.2, 0.25) is 5.95 Å². The highest BCUT2D eigenvalue weighted by Crippen LogP contribution is 2.41. The van der Waals surface area contributed by atoms with Crippen LogP contribution in [0.2, 0.25) is 0 Å². The maximum Gasteiger partial charge on any atom is 0.238 e. The molecule has 4 aromatic heterocycles. The molecule has 0 aliphatic heterocycles. The first kappa shape index (κ1) is 31.5. The van der Waals surface area contributed by atoms with Gasteiger partial charge in [-0.25, -0.2) is 4.98 Å². The minimum atomic E-state index is 0.537. The molecule has 0 atom stereocenters. The Morgan fingerprint density at radius 3 is 1.65 bits per heavy atom. The van der Waals surface area contributed by atoms with Crippen LogP contribution in [0.5, 0.6) is 0 Å². The van der Waals surface area contributed by atoms with Gasteiger partial charge in [-0.15, -0.1) is 0 Å². The zero-order chi connectivity index (χ0) is 37.5. The maximum atomic E-state index is 6.89. The van der Waals surface area contributed by atoms with E-state index >= 15 is 0 Å². The molecule has 266 valence electrons. The summed E-state index contributed by atoms with van der Waals surface area (Å²) in [5.74, 6) is 1.66. The first-order valence-electron chi connectivity index (χ1n) is 19.1. The molecule has 0 unspecified atom stereocenters. The molecular weight excluding hydrogens is 699 g/mol. The van der Waals surface area contributed by atoms with Gasteiger partial charge >= 0.3 is 0 Å². The van der Waals surface area contributed by atoms with Gasteiger partial charge in [0.25, 0.3) is 0 Å². The average Bonchev–Trinajstić information content (AvgIpc) is 3.93. The highest BCUT2D eigenvalue weighted by Gasteiger charge is 2.22. The first-order chi connectivity index (χ1) is 28.3. The quantitative estimate of drug-likeness (QED) is 0.177. The van der Waals surface area contributed by atoms with Gasteiger partial charge in [0, 0.05) is 43.6 Å². The fourth-order valence-electron chi connectivity index (χ4n) is 8.61. The molecule has 0 aliphatic rings. The second kappa shape index (κ2) is 12.3. The Bertz CT molecular complexity index is 3470. The molecule has 0 saturated heterocycles. The molecule has 12 aromatic rings. The first-order valence-corrected chi connectivity index (χ1v) is 19.1. The van der Waals surface area contributed by atoms with Crippen molar-refractivity contribution in [3.63, 3.8) is 0 Å².